The molecule has 1 saturated heterocycles. The Hall–Kier alpha value is -1.75. The summed E-state index contributed by atoms with van der Waals surface area (Å²) < 4.78 is 16.1. The zero-order valence-corrected chi connectivity index (χ0v) is 13.2. The van der Waals surface area contributed by atoms with Gasteiger partial charge in [-0.1, -0.05) is 6.07 Å². The molecule has 0 spiro atoms. The highest BCUT2D eigenvalue weighted by atomic mass is 16.7. The van der Waals surface area contributed by atoms with Crippen LogP contribution in [0, 0.1) is 5.92 Å². The van der Waals surface area contributed by atoms with Crippen molar-refractivity contribution in [3.05, 3.63) is 23.8 Å². The van der Waals surface area contributed by atoms with Gasteiger partial charge in [0.15, 0.2) is 11.5 Å². The number of amides is 1. The van der Waals surface area contributed by atoms with Gasteiger partial charge in [-0.3, -0.25) is 4.79 Å². The lowest BCUT2D eigenvalue weighted by Gasteiger charge is -2.31. The van der Waals surface area contributed by atoms with E-state index in [4.69, 9.17) is 14.2 Å². The van der Waals surface area contributed by atoms with Crippen molar-refractivity contribution in [2.45, 2.75) is 32.2 Å². The molecule has 0 aromatic heterocycles. The highest BCUT2D eigenvalue weighted by Gasteiger charge is 2.27. The molecular weight excluding hydrogens is 282 g/mol. The number of nitrogens with zero attached hydrogens (tertiary/aromatic N) is 1. The first kappa shape index (κ1) is 15.2. The molecule has 120 valence electrons. The minimum Gasteiger partial charge on any atom is -0.454 e. The lowest BCUT2D eigenvalue weighted by Crippen LogP contribution is -2.41. The fourth-order valence-corrected chi connectivity index (χ4v) is 3.00. The summed E-state index contributed by atoms with van der Waals surface area (Å²) in [4.78, 5) is 14.4. The number of rotatable bonds is 4. The first-order valence-corrected chi connectivity index (χ1v) is 7.88. The Morgan fingerprint density at radius 3 is 2.77 bits per heavy atom. The van der Waals surface area contributed by atoms with Crippen LogP contribution in [0.2, 0.25) is 0 Å². The van der Waals surface area contributed by atoms with Gasteiger partial charge >= 0.3 is 0 Å². The number of ether oxygens (including phenoxy) is 3. The molecular formula is C17H23NO4. The van der Waals surface area contributed by atoms with Crippen LogP contribution in [-0.4, -0.2) is 43.9 Å². The molecule has 3 rings (SSSR count). The standard InChI is InChI=1S/C17H23NO4/c1-12(18(2)17(19)14-5-7-20-8-6-14)9-13-3-4-15-16(10-13)22-11-21-15/h3-4,10,12,14H,5-9,11H2,1-2H3. The minimum absolute atomic E-state index is 0.109. The van der Waals surface area contributed by atoms with Crippen LogP contribution in [0.1, 0.15) is 25.3 Å². The number of likely N-dealkylation sites (N-methyl/N-ethyl adjacent to an activating group) is 1. The monoisotopic (exact) mass is 305 g/mol. The molecule has 0 saturated carbocycles. The van der Waals surface area contributed by atoms with Crippen molar-refractivity contribution in [2.75, 3.05) is 27.1 Å². The summed E-state index contributed by atoms with van der Waals surface area (Å²) in [5.41, 5.74) is 1.16. The maximum Gasteiger partial charge on any atom is 0.231 e. The third-order valence-corrected chi connectivity index (χ3v) is 4.55. The zero-order chi connectivity index (χ0) is 15.5. The van der Waals surface area contributed by atoms with Crippen molar-refractivity contribution in [1.82, 2.24) is 4.90 Å². The van der Waals surface area contributed by atoms with E-state index in [9.17, 15) is 4.79 Å². The molecule has 2 heterocycles. The molecule has 5 heteroatoms. The molecule has 0 bridgehead atoms. The van der Waals surface area contributed by atoms with Crippen LogP contribution in [0.4, 0.5) is 0 Å². The molecule has 0 aliphatic carbocycles. The van der Waals surface area contributed by atoms with Gasteiger partial charge in [0.1, 0.15) is 0 Å². The Balaban J connectivity index is 1.60. The van der Waals surface area contributed by atoms with Crippen LogP contribution in [0.5, 0.6) is 11.5 Å². The molecule has 1 aromatic rings. The van der Waals surface area contributed by atoms with Gasteiger partial charge in [-0.15, -0.1) is 0 Å². The first-order valence-electron chi connectivity index (χ1n) is 7.88. The predicted octanol–water partition coefficient (Wildman–Crippen LogP) is 2.23. The molecule has 1 atom stereocenters. The maximum atomic E-state index is 12.5. The molecule has 1 aromatic carbocycles. The van der Waals surface area contributed by atoms with Crippen molar-refractivity contribution in [2.24, 2.45) is 5.92 Å². The highest BCUT2D eigenvalue weighted by Crippen LogP contribution is 2.33. The number of fused-ring (bicyclic) bond motifs is 1. The fraction of sp³-hybridized carbons (Fsp3) is 0.588. The molecule has 0 N–H and O–H groups in total. The molecule has 1 fully saturated rings. The fourth-order valence-electron chi connectivity index (χ4n) is 3.00. The van der Waals surface area contributed by atoms with Gasteiger partial charge in [0.2, 0.25) is 12.7 Å². The average molecular weight is 305 g/mol. The summed E-state index contributed by atoms with van der Waals surface area (Å²) in [6.45, 7) is 3.76. The number of carbonyl (C=O) groups excluding carboxylic acids is 1. The molecule has 2 aliphatic rings. The Bertz CT molecular complexity index is 539. The van der Waals surface area contributed by atoms with Gasteiger partial charge in [0.25, 0.3) is 0 Å². The second kappa shape index (κ2) is 6.57. The van der Waals surface area contributed by atoms with E-state index in [0.717, 1.165) is 36.3 Å². The van der Waals surface area contributed by atoms with Crippen LogP contribution >= 0.6 is 0 Å². The number of hydrogen-bond acceptors (Lipinski definition) is 4. The lowest BCUT2D eigenvalue weighted by atomic mass is 9.97. The normalized spacial score (nSPS) is 19.0. The summed E-state index contributed by atoms with van der Waals surface area (Å²) in [5, 5.41) is 0. The van der Waals surface area contributed by atoms with Crippen LogP contribution in [0.25, 0.3) is 0 Å². The summed E-state index contributed by atoms with van der Waals surface area (Å²) in [6.07, 6.45) is 2.47. The van der Waals surface area contributed by atoms with Gasteiger partial charge < -0.3 is 19.1 Å². The van der Waals surface area contributed by atoms with E-state index in [2.05, 4.69) is 6.92 Å². The van der Waals surface area contributed by atoms with E-state index in [1.807, 2.05) is 30.1 Å². The first-order chi connectivity index (χ1) is 10.6. The van der Waals surface area contributed by atoms with E-state index >= 15 is 0 Å². The molecule has 1 amide bonds. The highest BCUT2D eigenvalue weighted by molar-refractivity contribution is 5.79. The van der Waals surface area contributed by atoms with E-state index in [0.29, 0.717) is 13.2 Å². The summed E-state index contributed by atoms with van der Waals surface area (Å²) in [6, 6.07) is 6.13. The summed E-state index contributed by atoms with van der Waals surface area (Å²) in [7, 11) is 1.90. The van der Waals surface area contributed by atoms with Crippen molar-refractivity contribution in [3.63, 3.8) is 0 Å². The Morgan fingerprint density at radius 1 is 1.27 bits per heavy atom. The van der Waals surface area contributed by atoms with Crippen molar-refractivity contribution >= 4 is 5.91 Å². The smallest absolute Gasteiger partial charge is 0.231 e. The van der Waals surface area contributed by atoms with Crippen LogP contribution < -0.4 is 9.47 Å². The number of hydrogen-bond donors (Lipinski definition) is 0. The minimum atomic E-state index is 0.109. The van der Waals surface area contributed by atoms with Crippen LogP contribution in [0.15, 0.2) is 18.2 Å². The molecule has 5 nitrogen and oxygen atoms in total. The van der Waals surface area contributed by atoms with Gasteiger partial charge in [0, 0.05) is 32.2 Å². The Labute approximate surface area is 131 Å². The van der Waals surface area contributed by atoms with Gasteiger partial charge in [0.05, 0.1) is 0 Å². The summed E-state index contributed by atoms with van der Waals surface area (Å²) >= 11 is 0. The van der Waals surface area contributed by atoms with E-state index in [1.54, 1.807) is 0 Å². The third kappa shape index (κ3) is 3.19. The second-order valence-corrected chi connectivity index (χ2v) is 6.08. The predicted molar refractivity (Wildman–Crippen MR) is 82.0 cm³/mol. The number of carbonyl (C=O) groups is 1. The van der Waals surface area contributed by atoms with E-state index in [1.165, 1.54) is 0 Å². The molecule has 1 unspecified atom stereocenters. The van der Waals surface area contributed by atoms with Gasteiger partial charge in [-0.2, -0.15) is 0 Å². The maximum absolute atomic E-state index is 12.5. The largest absolute Gasteiger partial charge is 0.454 e. The van der Waals surface area contributed by atoms with Crippen LogP contribution in [0.3, 0.4) is 0 Å². The van der Waals surface area contributed by atoms with Gasteiger partial charge in [-0.25, -0.2) is 0 Å². The van der Waals surface area contributed by atoms with Gasteiger partial charge in [-0.05, 0) is 43.9 Å². The topological polar surface area (TPSA) is 48.0 Å². The lowest BCUT2D eigenvalue weighted by molar-refractivity contribution is -0.139. The summed E-state index contributed by atoms with van der Waals surface area (Å²) in [5.74, 6) is 1.93. The Morgan fingerprint density at radius 2 is 2.00 bits per heavy atom. The third-order valence-electron chi connectivity index (χ3n) is 4.55. The van der Waals surface area contributed by atoms with E-state index in [-0.39, 0.29) is 24.7 Å². The van der Waals surface area contributed by atoms with Crippen LogP contribution in [-0.2, 0) is 16.0 Å². The zero-order valence-electron chi connectivity index (χ0n) is 13.2. The average Bonchev–Trinajstić information content (AvgIpc) is 3.02. The van der Waals surface area contributed by atoms with E-state index < -0.39 is 0 Å². The number of benzene rings is 1. The molecule has 2 aliphatic heterocycles. The van der Waals surface area contributed by atoms with Crippen molar-refractivity contribution in [3.8, 4) is 11.5 Å². The van der Waals surface area contributed by atoms with Crippen molar-refractivity contribution in [1.29, 1.82) is 0 Å². The SMILES string of the molecule is CC(Cc1ccc2c(c1)OCO2)N(C)C(=O)C1CCOCC1. The van der Waals surface area contributed by atoms with Crippen molar-refractivity contribution < 1.29 is 19.0 Å². The molecule has 22 heavy (non-hydrogen) atoms. The Kier molecular flexibility index (Phi) is 4.52. The quantitative estimate of drug-likeness (QED) is 0.856. The molecule has 0 radical (unpaired) electrons. The second-order valence-electron chi connectivity index (χ2n) is 6.08.